The molecule has 1 fully saturated rings. The molecule has 0 unspecified atom stereocenters. The van der Waals surface area contributed by atoms with E-state index in [1.807, 2.05) is 37.3 Å². The zero-order valence-corrected chi connectivity index (χ0v) is 17.1. The molecule has 0 bridgehead atoms. The number of carboxylic acid groups (broad SMARTS) is 1. The average Bonchev–Trinajstić information content (AvgIpc) is 3.54. The number of hydrogen-bond acceptors (Lipinski definition) is 5. The summed E-state index contributed by atoms with van der Waals surface area (Å²) in [6.07, 6.45) is 2.39. The molecular weight excluding hydrogens is 378 g/mol. The second kappa shape index (κ2) is 8.53. The van der Waals surface area contributed by atoms with E-state index in [1.54, 1.807) is 6.20 Å². The Morgan fingerprint density at radius 3 is 2.77 bits per heavy atom. The van der Waals surface area contributed by atoms with Crippen LogP contribution in [0.25, 0.3) is 11.3 Å². The van der Waals surface area contributed by atoms with Gasteiger partial charge in [-0.1, -0.05) is 29.8 Å². The Morgan fingerprint density at radius 2 is 2.10 bits per heavy atom. The first kappa shape index (κ1) is 19.9. The summed E-state index contributed by atoms with van der Waals surface area (Å²) in [5.41, 5.74) is 4.81. The molecule has 6 heteroatoms. The van der Waals surface area contributed by atoms with Crippen LogP contribution < -0.4 is 10.1 Å². The van der Waals surface area contributed by atoms with E-state index in [1.165, 1.54) is 11.1 Å². The number of aliphatic carboxylic acids is 1. The van der Waals surface area contributed by atoms with Crippen molar-refractivity contribution in [1.82, 2.24) is 9.97 Å². The topological polar surface area (TPSA) is 84.3 Å². The molecule has 1 aliphatic carbocycles. The number of nitrogens with zero attached hydrogens (tertiary/aromatic N) is 2. The van der Waals surface area contributed by atoms with Gasteiger partial charge in [0, 0.05) is 24.2 Å². The molecule has 1 saturated carbocycles. The molecule has 0 radical (unpaired) electrons. The molecule has 6 nitrogen and oxygen atoms in total. The Balaban J connectivity index is 1.50. The molecule has 0 spiro atoms. The van der Waals surface area contributed by atoms with Gasteiger partial charge < -0.3 is 15.2 Å². The van der Waals surface area contributed by atoms with Crippen LogP contribution in [-0.2, 0) is 11.3 Å². The van der Waals surface area contributed by atoms with Crippen molar-refractivity contribution in [3.05, 3.63) is 71.5 Å². The molecular formula is C24H25N3O3. The number of aromatic nitrogens is 2. The third-order valence-corrected chi connectivity index (χ3v) is 5.26. The van der Waals surface area contributed by atoms with Gasteiger partial charge in [-0.2, -0.15) is 0 Å². The summed E-state index contributed by atoms with van der Waals surface area (Å²) >= 11 is 0. The first-order chi connectivity index (χ1) is 14.5. The molecule has 2 aromatic heterocycles. The highest BCUT2D eigenvalue weighted by Gasteiger charge is 2.46. The lowest BCUT2D eigenvalue weighted by Gasteiger charge is -2.12. The summed E-state index contributed by atoms with van der Waals surface area (Å²) in [4.78, 5) is 20.6. The fraction of sp³-hybridized carbons (Fsp3) is 0.292. The maximum absolute atomic E-state index is 11.3. The van der Waals surface area contributed by atoms with Gasteiger partial charge in [-0.05, 0) is 50.1 Å². The van der Waals surface area contributed by atoms with Crippen molar-refractivity contribution >= 4 is 11.8 Å². The number of carbonyl (C=O) groups is 1. The predicted octanol–water partition coefficient (Wildman–Crippen LogP) is 4.65. The molecule has 154 valence electrons. The number of rotatable bonds is 8. The van der Waals surface area contributed by atoms with Crippen LogP contribution in [0.15, 0.2) is 54.7 Å². The predicted molar refractivity (Wildman–Crippen MR) is 116 cm³/mol. The highest BCUT2D eigenvalue weighted by Crippen LogP contribution is 2.50. The summed E-state index contributed by atoms with van der Waals surface area (Å²) in [7, 11) is 0. The van der Waals surface area contributed by atoms with E-state index in [0.29, 0.717) is 25.3 Å². The molecule has 1 aliphatic rings. The fourth-order valence-electron chi connectivity index (χ4n) is 3.60. The monoisotopic (exact) mass is 403 g/mol. The number of benzene rings is 1. The van der Waals surface area contributed by atoms with Crippen LogP contribution in [-0.4, -0.2) is 27.7 Å². The summed E-state index contributed by atoms with van der Waals surface area (Å²) in [6, 6.07) is 16.0. The smallest absolute Gasteiger partial charge is 0.307 e. The first-order valence-corrected chi connectivity index (χ1v) is 10.2. The second-order valence-corrected chi connectivity index (χ2v) is 7.57. The molecule has 0 amide bonds. The SMILES string of the molecule is CCOc1ccc(-c2ccc(NCc3cccc(C)c3)nc2)nc1[C@H]1C[C@@H]1C(=O)O. The lowest BCUT2D eigenvalue weighted by atomic mass is 10.1. The van der Waals surface area contributed by atoms with E-state index in [-0.39, 0.29) is 11.8 Å². The van der Waals surface area contributed by atoms with Crippen molar-refractivity contribution in [2.24, 2.45) is 5.92 Å². The Kier molecular flexibility index (Phi) is 5.65. The molecule has 30 heavy (non-hydrogen) atoms. The van der Waals surface area contributed by atoms with Gasteiger partial charge in [0.15, 0.2) is 0 Å². The fourth-order valence-corrected chi connectivity index (χ4v) is 3.60. The van der Waals surface area contributed by atoms with Gasteiger partial charge >= 0.3 is 5.97 Å². The van der Waals surface area contributed by atoms with E-state index in [9.17, 15) is 9.90 Å². The summed E-state index contributed by atoms with van der Waals surface area (Å²) in [6.45, 7) is 5.21. The van der Waals surface area contributed by atoms with Crippen LogP contribution in [0.3, 0.4) is 0 Å². The zero-order valence-electron chi connectivity index (χ0n) is 17.1. The summed E-state index contributed by atoms with van der Waals surface area (Å²) in [5, 5.41) is 12.6. The van der Waals surface area contributed by atoms with Crippen LogP contribution in [0.5, 0.6) is 5.75 Å². The van der Waals surface area contributed by atoms with Crippen molar-refractivity contribution in [3.63, 3.8) is 0 Å². The van der Waals surface area contributed by atoms with Crippen molar-refractivity contribution in [1.29, 1.82) is 0 Å². The number of anilines is 1. The number of carboxylic acids is 1. The van der Waals surface area contributed by atoms with Gasteiger partial charge in [-0.25, -0.2) is 9.97 Å². The molecule has 0 saturated heterocycles. The van der Waals surface area contributed by atoms with Crippen LogP contribution in [0.2, 0.25) is 0 Å². The number of ether oxygens (including phenoxy) is 1. The number of aryl methyl sites for hydroxylation is 1. The van der Waals surface area contributed by atoms with Gasteiger partial charge in [-0.3, -0.25) is 4.79 Å². The summed E-state index contributed by atoms with van der Waals surface area (Å²) in [5.74, 6) is 0.213. The maximum atomic E-state index is 11.3. The highest BCUT2D eigenvalue weighted by atomic mass is 16.5. The quantitative estimate of drug-likeness (QED) is 0.569. The van der Waals surface area contributed by atoms with Crippen molar-refractivity contribution in [2.75, 3.05) is 11.9 Å². The molecule has 2 atom stereocenters. The zero-order chi connectivity index (χ0) is 21.1. The van der Waals surface area contributed by atoms with Gasteiger partial charge in [0.1, 0.15) is 11.6 Å². The van der Waals surface area contributed by atoms with E-state index < -0.39 is 5.97 Å². The minimum atomic E-state index is -0.777. The molecule has 0 aliphatic heterocycles. The minimum absolute atomic E-state index is 0.0905. The molecule has 2 heterocycles. The summed E-state index contributed by atoms with van der Waals surface area (Å²) < 4.78 is 5.68. The van der Waals surface area contributed by atoms with E-state index >= 15 is 0 Å². The van der Waals surface area contributed by atoms with Gasteiger partial charge in [-0.15, -0.1) is 0 Å². The van der Waals surface area contributed by atoms with E-state index in [4.69, 9.17) is 9.72 Å². The third-order valence-electron chi connectivity index (χ3n) is 5.26. The lowest BCUT2D eigenvalue weighted by molar-refractivity contribution is -0.138. The average molecular weight is 403 g/mol. The Bertz CT molecular complexity index is 1050. The Labute approximate surface area is 176 Å². The largest absolute Gasteiger partial charge is 0.492 e. The second-order valence-electron chi connectivity index (χ2n) is 7.57. The minimum Gasteiger partial charge on any atom is -0.492 e. The van der Waals surface area contributed by atoms with Gasteiger partial charge in [0.25, 0.3) is 0 Å². The highest BCUT2D eigenvalue weighted by molar-refractivity contribution is 5.75. The Hall–Kier alpha value is -3.41. The van der Waals surface area contributed by atoms with Crippen molar-refractivity contribution < 1.29 is 14.6 Å². The van der Waals surface area contributed by atoms with Gasteiger partial charge in [0.2, 0.25) is 0 Å². The number of pyridine rings is 2. The van der Waals surface area contributed by atoms with Crippen LogP contribution in [0.4, 0.5) is 5.82 Å². The van der Waals surface area contributed by atoms with Crippen LogP contribution in [0.1, 0.15) is 36.1 Å². The lowest BCUT2D eigenvalue weighted by Crippen LogP contribution is -2.04. The Morgan fingerprint density at radius 1 is 1.23 bits per heavy atom. The standard InChI is InChI=1S/C24H25N3O3/c1-3-30-21-9-8-20(27-23(21)18-12-19(18)24(28)29)17-7-10-22(26-14-17)25-13-16-6-4-5-15(2)11-16/h4-11,14,18-19H,3,12-13H2,1-2H3,(H,25,26)(H,28,29)/t18-,19-/m0/s1. The van der Waals surface area contributed by atoms with E-state index in [0.717, 1.165) is 22.8 Å². The van der Waals surface area contributed by atoms with Crippen molar-refractivity contribution in [3.8, 4) is 17.0 Å². The molecule has 4 rings (SSSR count). The van der Waals surface area contributed by atoms with E-state index in [2.05, 4.69) is 35.4 Å². The normalized spacial score (nSPS) is 17.4. The number of nitrogens with one attached hydrogen (secondary N) is 1. The molecule has 1 aromatic carbocycles. The van der Waals surface area contributed by atoms with Crippen LogP contribution >= 0.6 is 0 Å². The van der Waals surface area contributed by atoms with Crippen molar-refractivity contribution in [2.45, 2.75) is 32.7 Å². The third kappa shape index (κ3) is 4.43. The maximum Gasteiger partial charge on any atom is 0.307 e. The first-order valence-electron chi connectivity index (χ1n) is 10.2. The van der Waals surface area contributed by atoms with Gasteiger partial charge in [0.05, 0.1) is 23.9 Å². The van der Waals surface area contributed by atoms with Crippen LogP contribution in [0, 0.1) is 12.8 Å². The molecule has 2 N–H and O–H groups in total. The number of hydrogen-bond donors (Lipinski definition) is 2. The molecule has 3 aromatic rings.